The van der Waals surface area contributed by atoms with Gasteiger partial charge in [-0.2, -0.15) is 0 Å². The van der Waals surface area contributed by atoms with Crippen molar-refractivity contribution in [2.24, 2.45) is 0 Å². The molecule has 0 saturated carbocycles. The Kier molecular flexibility index (Phi) is 57.4. The predicted octanol–water partition coefficient (Wildman–Crippen LogP) is -1.27. The summed E-state index contributed by atoms with van der Waals surface area (Å²) in [6.45, 7) is 0. The average Bonchev–Trinajstić information content (AvgIpc) is 1.33. The van der Waals surface area contributed by atoms with Crippen LogP contribution in [0.3, 0.4) is 0 Å². The van der Waals surface area contributed by atoms with Gasteiger partial charge in [-0.05, 0) is 10.9 Å². The minimum atomic E-state index is 0. The van der Waals surface area contributed by atoms with Crippen molar-refractivity contribution in [2.45, 2.75) is 0 Å². The second kappa shape index (κ2) is 23.0. The van der Waals surface area contributed by atoms with E-state index < -0.39 is 0 Å². The molecule has 0 aromatic heterocycles. The lowest BCUT2D eigenvalue weighted by molar-refractivity contribution is -0.597. The molecule has 0 aliphatic heterocycles. The summed E-state index contributed by atoms with van der Waals surface area (Å²) in [5.74, 6) is 0. The van der Waals surface area contributed by atoms with E-state index in [0.717, 1.165) is 0 Å². The zero-order valence-electron chi connectivity index (χ0n) is 7.79. The molecule has 0 atom stereocenters. The molecule has 0 saturated heterocycles. The minimum Gasteiger partial charge on any atom is -0.358 e. The van der Waals surface area contributed by atoms with E-state index in [9.17, 15) is 0 Å². The van der Waals surface area contributed by atoms with E-state index in [1.54, 1.807) is 0 Å². The summed E-state index contributed by atoms with van der Waals surface area (Å²) in [7, 11) is 0.639. The van der Waals surface area contributed by atoms with Crippen LogP contribution in [0.1, 0.15) is 0 Å². The van der Waals surface area contributed by atoms with Crippen LogP contribution in [-0.4, -0.2) is 28.6 Å². The highest BCUT2D eigenvalue weighted by atomic mass is 127. The first-order chi connectivity index (χ1) is 3.15. The van der Waals surface area contributed by atoms with Crippen LogP contribution >= 0.6 is 0 Å². The van der Waals surface area contributed by atoms with Gasteiger partial charge in [0, 0.05) is 0 Å². The number of halogens is 1. The SMILES string of the molecule is C[I+]C.C[S+](C)C.[CH3-].[CH3-]. The Morgan fingerprint density at radius 1 is 0.889 bits per heavy atom. The maximum absolute atomic E-state index is 2.24. The van der Waals surface area contributed by atoms with Crippen LogP contribution < -0.4 is 21.2 Å². The molecular formula is C7H21IS. The predicted molar refractivity (Wildman–Crippen MR) is 49.8 cm³/mol. The molecule has 0 aromatic carbocycles. The fourth-order valence-corrected chi connectivity index (χ4v) is 0. The fraction of sp³-hybridized carbons (Fsp3) is 0.714. The van der Waals surface area contributed by atoms with Crippen LogP contribution in [0.2, 0.25) is 0 Å². The third kappa shape index (κ3) is 390. The van der Waals surface area contributed by atoms with Gasteiger partial charge in [-0.1, -0.05) is 0 Å². The van der Waals surface area contributed by atoms with Gasteiger partial charge in [-0.3, -0.25) is 0 Å². The second-order valence-corrected chi connectivity index (χ2v) is 6.21. The number of hydrogen-bond acceptors (Lipinski definition) is 0. The van der Waals surface area contributed by atoms with Crippen molar-refractivity contribution in [1.29, 1.82) is 0 Å². The Morgan fingerprint density at radius 3 is 0.889 bits per heavy atom. The smallest absolute Gasteiger partial charge is 0.261 e. The molecule has 2 heteroatoms. The molecule has 0 amide bonds. The molecule has 0 aliphatic carbocycles. The molecule has 0 aliphatic rings. The summed E-state index contributed by atoms with van der Waals surface area (Å²) in [4.78, 5) is 4.47. The van der Waals surface area contributed by atoms with Crippen LogP contribution in [0, 0.1) is 14.9 Å². The maximum Gasteiger partial charge on any atom is 0.261 e. The molecule has 0 aromatic rings. The number of hydrogen-bond donors (Lipinski definition) is 0. The van der Waals surface area contributed by atoms with Crippen LogP contribution in [0.4, 0.5) is 0 Å². The van der Waals surface area contributed by atoms with Crippen LogP contribution in [0.25, 0.3) is 0 Å². The number of alkyl halides is 2. The zero-order chi connectivity index (χ0) is 6.28. The van der Waals surface area contributed by atoms with E-state index in [1.165, 1.54) is 0 Å². The molecule has 9 heavy (non-hydrogen) atoms. The topological polar surface area (TPSA) is 0 Å². The first-order valence-corrected chi connectivity index (χ1v) is 8.75. The van der Waals surface area contributed by atoms with Gasteiger partial charge in [0.1, 0.15) is 9.86 Å². The van der Waals surface area contributed by atoms with E-state index in [4.69, 9.17) is 0 Å². The van der Waals surface area contributed by atoms with Gasteiger partial charge in [0.25, 0.3) is 21.2 Å². The highest BCUT2D eigenvalue weighted by Crippen LogP contribution is 1.63. The first-order valence-electron chi connectivity index (χ1n) is 1.98. The molecule has 0 bridgehead atoms. The molecule has 0 heterocycles. The molecule has 0 nitrogen and oxygen atoms in total. The van der Waals surface area contributed by atoms with Gasteiger partial charge in [0.05, 0.1) is 18.8 Å². The zero-order valence-corrected chi connectivity index (χ0v) is 10.8. The number of rotatable bonds is 0. The maximum atomic E-state index is 2.24. The molecule has 0 N–H and O–H groups in total. The van der Waals surface area contributed by atoms with Crippen molar-refractivity contribution >= 4 is 10.9 Å². The van der Waals surface area contributed by atoms with Gasteiger partial charge in [0.2, 0.25) is 0 Å². The van der Waals surface area contributed by atoms with E-state index in [1.807, 2.05) is 0 Å². The van der Waals surface area contributed by atoms with E-state index in [2.05, 4.69) is 28.6 Å². The Morgan fingerprint density at radius 2 is 0.889 bits per heavy atom. The monoisotopic (exact) mass is 264 g/mol. The molecule has 62 valence electrons. The normalized spacial score (nSPS) is 6.00. The van der Waals surface area contributed by atoms with E-state index in [0.29, 0.717) is 32.1 Å². The summed E-state index contributed by atoms with van der Waals surface area (Å²) in [6.07, 6.45) is 6.58. The first kappa shape index (κ1) is 22.5. The van der Waals surface area contributed by atoms with Gasteiger partial charge in [-0.15, -0.1) is 0 Å². The Balaban J connectivity index is -0.0000000233. The van der Waals surface area contributed by atoms with E-state index >= 15 is 0 Å². The Hall–Kier alpha value is 1.08. The summed E-state index contributed by atoms with van der Waals surface area (Å²) in [5.41, 5.74) is 0. The van der Waals surface area contributed by atoms with Crippen LogP contribution in [0.15, 0.2) is 0 Å². The Bertz CT molecular complexity index is 20.1. The summed E-state index contributed by atoms with van der Waals surface area (Å²) >= 11 is 0.590. The quantitative estimate of drug-likeness (QED) is 0.221. The van der Waals surface area contributed by atoms with Crippen LogP contribution in [0.5, 0.6) is 0 Å². The molecule has 0 unspecified atom stereocenters. The highest BCUT2D eigenvalue weighted by Gasteiger charge is 1.77. The molecule has 0 radical (unpaired) electrons. The molecule has 0 spiro atoms. The summed E-state index contributed by atoms with van der Waals surface area (Å²) < 4.78 is 0. The van der Waals surface area contributed by atoms with Crippen LogP contribution in [-0.2, 0) is 10.9 Å². The molecular weight excluding hydrogens is 243 g/mol. The summed E-state index contributed by atoms with van der Waals surface area (Å²) in [6, 6.07) is 0. The van der Waals surface area contributed by atoms with Crippen molar-refractivity contribution in [3.05, 3.63) is 14.9 Å². The van der Waals surface area contributed by atoms with Crippen molar-refractivity contribution in [3.63, 3.8) is 0 Å². The lowest BCUT2D eigenvalue weighted by atomic mass is 11.9. The van der Waals surface area contributed by atoms with Gasteiger partial charge < -0.3 is 14.9 Å². The minimum absolute atomic E-state index is 0. The lowest BCUT2D eigenvalue weighted by Crippen LogP contribution is -3.59. The van der Waals surface area contributed by atoms with E-state index in [-0.39, 0.29) is 14.9 Å². The summed E-state index contributed by atoms with van der Waals surface area (Å²) in [5, 5.41) is 0. The van der Waals surface area contributed by atoms with Gasteiger partial charge in [-0.25, -0.2) is 0 Å². The van der Waals surface area contributed by atoms with Crippen molar-refractivity contribution in [3.8, 4) is 0 Å². The van der Waals surface area contributed by atoms with Crippen molar-refractivity contribution < 1.29 is 21.2 Å². The van der Waals surface area contributed by atoms with Crippen molar-refractivity contribution in [2.75, 3.05) is 28.6 Å². The third-order valence-electron chi connectivity index (χ3n) is 0. The standard InChI is InChI=1S/C3H9S.C2H6I.2CH3/c1-4(2)3;1-3-2;;/h1-3H3;1-2H3;2*1H3/q2*+1;2*-1. The van der Waals surface area contributed by atoms with Gasteiger partial charge >= 0.3 is 0 Å². The highest BCUT2D eigenvalue weighted by molar-refractivity contribution is 7.94. The Labute approximate surface area is 75.4 Å². The molecule has 0 rings (SSSR count). The largest absolute Gasteiger partial charge is 0.358 e. The molecule has 0 fully saturated rings. The third-order valence-corrected chi connectivity index (χ3v) is 0. The van der Waals surface area contributed by atoms with Crippen molar-refractivity contribution in [1.82, 2.24) is 0 Å². The average molecular weight is 264 g/mol. The lowest BCUT2D eigenvalue weighted by Gasteiger charge is -1.69. The fourth-order valence-electron chi connectivity index (χ4n) is 0. The second-order valence-electron chi connectivity index (χ2n) is 1.60. The van der Waals surface area contributed by atoms with Gasteiger partial charge in [0.15, 0.2) is 0 Å².